The highest BCUT2D eigenvalue weighted by Crippen LogP contribution is 2.48. The molecular formula is C44H30N3S+. The molecule has 0 saturated carbocycles. The van der Waals surface area contributed by atoms with Crippen LogP contribution in [0.5, 0.6) is 0 Å². The van der Waals surface area contributed by atoms with Crippen LogP contribution in [0.4, 0.5) is 0 Å². The van der Waals surface area contributed by atoms with Crippen LogP contribution in [-0.4, -0.2) is 16.2 Å². The minimum Gasteiger partial charge on any atom is -0.307 e. The van der Waals surface area contributed by atoms with E-state index in [4.69, 9.17) is 11.6 Å². The summed E-state index contributed by atoms with van der Waals surface area (Å²) in [4.78, 5) is 5.45. The van der Waals surface area contributed by atoms with Crippen LogP contribution in [0.25, 0.3) is 75.2 Å². The van der Waals surface area contributed by atoms with Crippen molar-refractivity contribution in [3.05, 3.63) is 151 Å². The number of hydrogen-bond acceptors (Lipinski definition) is 2. The van der Waals surface area contributed by atoms with Crippen LogP contribution in [0.15, 0.2) is 140 Å². The Morgan fingerprint density at radius 3 is 2.44 bits per heavy atom. The Labute approximate surface area is 281 Å². The zero-order valence-electron chi connectivity index (χ0n) is 26.3. The molecule has 2 atom stereocenters. The first-order valence-electron chi connectivity index (χ1n) is 16.7. The summed E-state index contributed by atoms with van der Waals surface area (Å²) in [5.74, 6) is 0.165. The number of aliphatic imine (C=N–C) groups is 1. The minimum absolute atomic E-state index is 0.108. The Kier molecular flexibility index (Phi) is 5.24. The molecule has 2 aliphatic heterocycles. The van der Waals surface area contributed by atoms with Crippen LogP contribution in [-0.2, 0) is 6.42 Å². The van der Waals surface area contributed by atoms with Crippen molar-refractivity contribution >= 4 is 81.0 Å². The van der Waals surface area contributed by atoms with Gasteiger partial charge in [-0.3, -0.25) is 4.99 Å². The lowest BCUT2D eigenvalue weighted by Crippen LogP contribution is -2.42. The van der Waals surface area contributed by atoms with E-state index in [9.17, 15) is 0 Å². The second-order valence-electron chi connectivity index (χ2n) is 13.3. The number of rotatable bonds is 1. The van der Waals surface area contributed by atoms with Gasteiger partial charge in [0, 0.05) is 66.2 Å². The summed E-state index contributed by atoms with van der Waals surface area (Å²) in [6.07, 6.45) is 6.03. The Morgan fingerprint density at radius 2 is 1.52 bits per heavy atom. The first kappa shape index (κ1) is 26.5. The van der Waals surface area contributed by atoms with E-state index in [2.05, 4.69) is 131 Å². The average Bonchev–Trinajstić information content (AvgIpc) is 3.80. The highest BCUT2D eigenvalue weighted by molar-refractivity contribution is 7.26. The lowest BCUT2D eigenvalue weighted by Gasteiger charge is -2.30. The van der Waals surface area contributed by atoms with Gasteiger partial charge in [0.25, 0.3) is 0 Å². The fraction of sp³-hybridized carbons (Fsp3) is 0.0909. The van der Waals surface area contributed by atoms with E-state index in [0.29, 0.717) is 0 Å². The zero-order valence-corrected chi connectivity index (χ0v) is 27.1. The van der Waals surface area contributed by atoms with Crippen molar-refractivity contribution in [3.8, 4) is 11.3 Å². The zero-order chi connectivity index (χ0) is 31.7. The summed E-state index contributed by atoms with van der Waals surface area (Å²) < 4.78 is 7.53. The fourth-order valence-electron chi connectivity index (χ4n) is 8.94. The molecule has 0 spiro atoms. The highest BCUT2D eigenvalue weighted by Gasteiger charge is 2.39. The maximum atomic E-state index is 5.45. The van der Waals surface area contributed by atoms with E-state index in [1.54, 1.807) is 0 Å². The maximum Gasteiger partial charge on any atom is 0.218 e. The second kappa shape index (κ2) is 9.50. The molecule has 9 aromatic rings. The largest absolute Gasteiger partial charge is 0.307 e. The molecule has 226 valence electrons. The molecule has 0 amide bonds. The van der Waals surface area contributed by atoms with Crippen LogP contribution in [0.3, 0.4) is 0 Å². The van der Waals surface area contributed by atoms with E-state index >= 15 is 0 Å². The second-order valence-corrected chi connectivity index (χ2v) is 14.4. The number of hydrogen-bond donors (Lipinski definition) is 0. The van der Waals surface area contributed by atoms with Crippen molar-refractivity contribution in [2.45, 2.75) is 24.8 Å². The predicted octanol–water partition coefficient (Wildman–Crippen LogP) is 10.7. The van der Waals surface area contributed by atoms with Gasteiger partial charge >= 0.3 is 0 Å². The molecule has 3 nitrogen and oxygen atoms in total. The van der Waals surface area contributed by atoms with Gasteiger partial charge in [-0.25, -0.2) is 0 Å². The normalized spacial score (nSPS) is 17.7. The summed E-state index contributed by atoms with van der Waals surface area (Å²) in [7, 11) is 0. The van der Waals surface area contributed by atoms with Gasteiger partial charge in [-0.2, -0.15) is 4.57 Å². The number of aromatic nitrogens is 2. The number of benzene rings is 5. The number of para-hydroxylation sites is 1. The molecular weight excluding hydrogens is 603 g/mol. The Hall–Kier alpha value is -5.58. The number of aryl methyl sites for hydroxylation is 1. The van der Waals surface area contributed by atoms with Gasteiger partial charge in [0.2, 0.25) is 11.4 Å². The summed E-state index contributed by atoms with van der Waals surface area (Å²) in [6, 6.07) is 40.4. The van der Waals surface area contributed by atoms with E-state index in [-0.39, 0.29) is 12.0 Å². The molecule has 5 aromatic carbocycles. The van der Waals surface area contributed by atoms with Crippen LogP contribution in [0.2, 0.25) is 0 Å². The van der Waals surface area contributed by atoms with Gasteiger partial charge in [0.1, 0.15) is 6.04 Å². The molecule has 2 unspecified atom stereocenters. The molecule has 0 aliphatic carbocycles. The molecule has 0 radical (unpaired) electrons. The first-order valence-corrected chi connectivity index (χ1v) is 17.6. The molecule has 4 aromatic heterocycles. The van der Waals surface area contributed by atoms with Crippen LogP contribution in [0, 0.1) is 0 Å². The van der Waals surface area contributed by atoms with Gasteiger partial charge in [-0.1, -0.05) is 73.3 Å². The number of thiophene rings is 1. The molecule has 0 saturated heterocycles. The molecule has 4 heteroatoms. The Morgan fingerprint density at radius 1 is 0.750 bits per heavy atom. The number of fused-ring (bicyclic) bond motifs is 16. The van der Waals surface area contributed by atoms with Gasteiger partial charge in [-0.05, 0) is 67.0 Å². The third kappa shape index (κ3) is 3.33. The maximum absolute atomic E-state index is 5.45. The van der Waals surface area contributed by atoms with Crippen molar-refractivity contribution in [1.29, 1.82) is 0 Å². The highest BCUT2D eigenvalue weighted by atomic mass is 32.1. The molecule has 6 heterocycles. The van der Waals surface area contributed by atoms with Crippen molar-refractivity contribution in [3.63, 3.8) is 0 Å². The van der Waals surface area contributed by atoms with Crippen molar-refractivity contribution in [2.75, 3.05) is 0 Å². The summed E-state index contributed by atoms with van der Waals surface area (Å²) in [5, 5.41) is 7.86. The van der Waals surface area contributed by atoms with Crippen molar-refractivity contribution < 1.29 is 4.57 Å². The van der Waals surface area contributed by atoms with Crippen molar-refractivity contribution in [2.24, 2.45) is 4.99 Å². The van der Waals surface area contributed by atoms with Crippen molar-refractivity contribution in [1.82, 2.24) is 4.40 Å². The standard InChI is InChI=1S/C44H30N3S/c1-3-37-35-23-36-31-15-10-14-30-32-20-21-33-28-13-6-7-17-40(28)48-44(33)43(32)47(42(30)31)39(36)24-34(35)29-19-18-26-11-4-5-12-27(26)38-16-8-9-22-46(38)25(2)41(29)45-37/h3-17,20-24,29,41H,1-2,18-19H2/q+1. The molecule has 0 N–H and O–H groups in total. The number of nitrogens with zero attached hydrogens (tertiary/aromatic N) is 3. The van der Waals surface area contributed by atoms with Crippen LogP contribution >= 0.6 is 11.3 Å². The third-order valence-electron chi connectivity index (χ3n) is 11.0. The molecule has 0 fully saturated rings. The van der Waals surface area contributed by atoms with Gasteiger partial charge in [-0.15, -0.1) is 11.3 Å². The molecule has 2 aliphatic rings. The molecule has 0 bridgehead atoms. The van der Waals surface area contributed by atoms with Gasteiger partial charge in [0.05, 0.1) is 27.0 Å². The lowest BCUT2D eigenvalue weighted by atomic mass is 9.79. The van der Waals surface area contributed by atoms with Crippen LogP contribution in [0.1, 0.15) is 29.0 Å². The van der Waals surface area contributed by atoms with Gasteiger partial charge < -0.3 is 4.40 Å². The topological polar surface area (TPSA) is 20.6 Å². The SMILES string of the molecule is C=CC1=NC2C(=C)[n+]3ccccc3-c3ccccc3CCC2c2cc3c(cc21)c1cccc2c4ccc5c6ccccc6sc5c4n3c12. The quantitative estimate of drug-likeness (QED) is 0.161. The Bertz CT molecular complexity index is 2900. The van der Waals surface area contributed by atoms with E-state index < -0.39 is 0 Å². The molecule has 48 heavy (non-hydrogen) atoms. The predicted molar refractivity (Wildman–Crippen MR) is 203 cm³/mol. The first-order chi connectivity index (χ1) is 23.7. The average molecular weight is 633 g/mol. The third-order valence-corrected chi connectivity index (χ3v) is 12.2. The Balaban J connectivity index is 1.24. The number of pyridine rings is 1. The van der Waals surface area contributed by atoms with E-state index in [1.165, 1.54) is 80.5 Å². The number of allylic oxidation sites excluding steroid dienone is 1. The summed E-state index contributed by atoms with van der Waals surface area (Å²) >= 11 is 1.91. The fourth-order valence-corrected chi connectivity index (χ4v) is 10.2. The summed E-state index contributed by atoms with van der Waals surface area (Å²) in [6.45, 7) is 9.01. The lowest BCUT2D eigenvalue weighted by molar-refractivity contribution is -0.572. The van der Waals surface area contributed by atoms with E-state index in [0.717, 1.165) is 29.9 Å². The monoisotopic (exact) mass is 632 g/mol. The summed E-state index contributed by atoms with van der Waals surface area (Å²) in [5.41, 5.74) is 12.2. The van der Waals surface area contributed by atoms with E-state index in [1.807, 2.05) is 17.4 Å². The minimum atomic E-state index is -0.108. The molecule has 11 rings (SSSR count). The van der Waals surface area contributed by atoms with Crippen LogP contribution < -0.4 is 4.57 Å². The smallest absolute Gasteiger partial charge is 0.218 e. The van der Waals surface area contributed by atoms with Gasteiger partial charge in [0.15, 0.2) is 6.20 Å².